The van der Waals surface area contributed by atoms with E-state index in [1.54, 1.807) is 24.4 Å². The summed E-state index contributed by atoms with van der Waals surface area (Å²) in [6.07, 6.45) is 5.28. The van der Waals surface area contributed by atoms with E-state index in [4.69, 9.17) is 4.42 Å². The normalized spacial score (nSPS) is 11.6. The number of benzene rings is 3. The van der Waals surface area contributed by atoms with Gasteiger partial charge in [0.2, 0.25) is 5.89 Å². The fraction of sp³-hybridized carbons (Fsp3) is 0. The van der Waals surface area contributed by atoms with Crippen molar-refractivity contribution >= 4 is 57.4 Å². The maximum absolute atomic E-state index is 10.7. The van der Waals surface area contributed by atoms with Crippen molar-refractivity contribution in [1.82, 2.24) is 4.98 Å². The van der Waals surface area contributed by atoms with Crippen LogP contribution in [0.25, 0.3) is 28.6 Å². The summed E-state index contributed by atoms with van der Waals surface area (Å²) in [5, 5.41) is 10.7. The van der Waals surface area contributed by atoms with Crippen molar-refractivity contribution in [3.05, 3.63) is 92.1 Å². The zero-order valence-electron chi connectivity index (χ0n) is 15.0. The molecule has 4 aromatic rings. The quantitative estimate of drug-likeness (QED) is 0.138. The third-order valence-electron chi connectivity index (χ3n) is 4.16. The molecule has 142 valence electrons. The van der Waals surface area contributed by atoms with E-state index in [0.717, 1.165) is 25.9 Å². The summed E-state index contributed by atoms with van der Waals surface area (Å²) in [5.74, 6) is 0.579. The van der Waals surface area contributed by atoms with Crippen LogP contribution in [0.15, 0.2) is 82.2 Å². The Morgan fingerprint density at radius 2 is 1.79 bits per heavy atom. The Morgan fingerprint density at radius 1 is 1.03 bits per heavy atom. The van der Waals surface area contributed by atoms with Crippen molar-refractivity contribution in [2.45, 2.75) is 0 Å². The molecule has 1 aromatic heterocycles. The van der Waals surface area contributed by atoms with E-state index < -0.39 is 4.92 Å². The van der Waals surface area contributed by atoms with Gasteiger partial charge in [-0.25, -0.2) is 4.98 Å². The zero-order valence-corrected chi connectivity index (χ0v) is 17.2. The van der Waals surface area contributed by atoms with Crippen LogP contribution in [0.3, 0.4) is 0 Å². The van der Waals surface area contributed by atoms with Crippen LogP contribution in [0.1, 0.15) is 5.56 Å². The number of oxazole rings is 1. The molecule has 0 atom stereocenters. The van der Waals surface area contributed by atoms with Gasteiger partial charge in [0, 0.05) is 27.5 Å². The average molecular weight is 495 g/mol. The second-order valence-electron chi connectivity index (χ2n) is 6.16. The van der Waals surface area contributed by atoms with Gasteiger partial charge < -0.3 is 4.42 Å². The van der Waals surface area contributed by atoms with Gasteiger partial charge in [0.1, 0.15) is 5.52 Å². The first-order valence-corrected chi connectivity index (χ1v) is 9.78. The molecule has 0 aliphatic rings. The molecule has 0 amide bonds. The number of nitro benzene ring substituents is 1. The molecule has 6 nitrogen and oxygen atoms in total. The van der Waals surface area contributed by atoms with Gasteiger partial charge in [-0.05, 0) is 88.8 Å². The Morgan fingerprint density at radius 3 is 2.52 bits per heavy atom. The van der Waals surface area contributed by atoms with Gasteiger partial charge in [0.15, 0.2) is 5.58 Å². The minimum absolute atomic E-state index is 0.0707. The summed E-state index contributed by atoms with van der Waals surface area (Å²) in [6, 6.07) is 19.9. The molecule has 0 aliphatic carbocycles. The zero-order chi connectivity index (χ0) is 20.2. The molecule has 4 rings (SSSR count). The Hall–Kier alpha value is -3.33. The number of aromatic nitrogens is 1. The lowest BCUT2D eigenvalue weighted by molar-refractivity contribution is -0.384. The predicted molar refractivity (Wildman–Crippen MR) is 122 cm³/mol. The highest BCUT2D eigenvalue weighted by Crippen LogP contribution is 2.27. The van der Waals surface area contributed by atoms with Crippen LogP contribution in [0.4, 0.5) is 11.4 Å². The largest absolute Gasteiger partial charge is 0.436 e. The SMILES string of the molecule is O=[N+]([O-])c1ccc(/C=C/C=Nc2ccc3oc(-c4ccc(I)cc4)nc3c2)cc1. The first kappa shape index (κ1) is 19.0. The average Bonchev–Trinajstić information content (AvgIpc) is 3.15. The highest BCUT2D eigenvalue weighted by atomic mass is 127. The fourth-order valence-corrected chi connectivity index (χ4v) is 3.06. The molecule has 29 heavy (non-hydrogen) atoms. The third-order valence-corrected chi connectivity index (χ3v) is 4.88. The van der Waals surface area contributed by atoms with Crippen LogP contribution in [0.5, 0.6) is 0 Å². The molecule has 0 spiro atoms. The van der Waals surface area contributed by atoms with Crippen molar-refractivity contribution in [2.75, 3.05) is 0 Å². The highest BCUT2D eigenvalue weighted by Gasteiger charge is 2.08. The number of hydrogen-bond donors (Lipinski definition) is 0. The highest BCUT2D eigenvalue weighted by molar-refractivity contribution is 14.1. The van der Waals surface area contributed by atoms with Crippen molar-refractivity contribution in [2.24, 2.45) is 4.99 Å². The lowest BCUT2D eigenvalue weighted by Crippen LogP contribution is -1.86. The summed E-state index contributed by atoms with van der Waals surface area (Å²) in [4.78, 5) is 19.2. The molecule has 0 saturated heterocycles. The van der Waals surface area contributed by atoms with Gasteiger partial charge in [0.05, 0.1) is 10.6 Å². The summed E-state index contributed by atoms with van der Waals surface area (Å²) < 4.78 is 6.99. The maximum atomic E-state index is 10.7. The van der Waals surface area contributed by atoms with Crippen molar-refractivity contribution in [3.63, 3.8) is 0 Å². The molecule has 0 fully saturated rings. The standard InChI is InChI=1S/C22H14IN3O3/c23-17-7-5-16(6-8-17)22-25-20-14-18(9-12-21(20)29-22)24-13-1-2-15-3-10-19(11-4-15)26(27)28/h1-14H/b2-1+,24-13?. The minimum Gasteiger partial charge on any atom is -0.436 e. The summed E-state index contributed by atoms with van der Waals surface area (Å²) >= 11 is 2.26. The van der Waals surface area contributed by atoms with Gasteiger partial charge >= 0.3 is 0 Å². The summed E-state index contributed by atoms with van der Waals surface area (Å²) in [6.45, 7) is 0. The van der Waals surface area contributed by atoms with E-state index in [0.29, 0.717) is 11.5 Å². The van der Waals surface area contributed by atoms with E-state index in [2.05, 4.69) is 32.6 Å². The predicted octanol–water partition coefficient (Wildman–Crippen LogP) is 6.42. The Labute approximate surface area is 179 Å². The van der Waals surface area contributed by atoms with Crippen molar-refractivity contribution < 1.29 is 9.34 Å². The van der Waals surface area contributed by atoms with E-state index in [-0.39, 0.29) is 5.69 Å². The summed E-state index contributed by atoms with van der Waals surface area (Å²) in [5.41, 5.74) is 4.06. The van der Waals surface area contributed by atoms with Crippen LogP contribution in [0, 0.1) is 13.7 Å². The van der Waals surface area contributed by atoms with Crippen molar-refractivity contribution in [3.8, 4) is 11.5 Å². The first-order chi connectivity index (χ1) is 14.1. The maximum Gasteiger partial charge on any atom is 0.269 e. The molecule has 3 aromatic carbocycles. The van der Waals surface area contributed by atoms with Gasteiger partial charge in [-0.3, -0.25) is 15.1 Å². The molecule has 7 heteroatoms. The Kier molecular flexibility index (Phi) is 5.48. The molecular formula is C22H14IN3O3. The number of nitro groups is 1. The number of rotatable bonds is 5. The first-order valence-electron chi connectivity index (χ1n) is 8.70. The minimum atomic E-state index is -0.418. The molecule has 0 unspecified atom stereocenters. The van der Waals surface area contributed by atoms with E-state index in [9.17, 15) is 10.1 Å². The number of nitrogens with zero attached hydrogens (tertiary/aromatic N) is 3. The van der Waals surface area contributed by atoms with Gasteiger partial charge in [0.25, 0.3) is 5.69 Å². The Bertz CT molecular complexity index is 1230. The molecule has 0 radical (unpaired) electrons. The number of halogens is 1. The lowest BCUT2D eigenvalue weighted by Gasteiger charge is -1.94. The molecule has 0 aliphatic heterocycles. The third kappa shape index (κ3) is 4.57. The van der Waals surface area contributed by atoms with Crippen molar-refractivity contribution in [1.29, 1.82) is 0 Å². The number of allylic oxidation sites excluding steroid dienone is 1. The number of non-ortho nitro benzene ring substituents is 1. The second-order valence-corrected chi connectivity index (χ2v) is 7.41. The molecule has 0 saturated carbocycles. The number of fused-ring (bicyclic) bond motifs is 1. The molecule has 0 bridgehead atoms. The second kappa shape index (κ2) is 8.36. The topological polar surface area (TPSA) is 81.5 Å². The lowest BCUT2D eigenvalue weighted by atomic mass is 10.2. The van der Waals surface area contributed by atoms with Crippen LogP contribution >= 0.6 is 22.6 Å². The number of aliphatic imine (C=N–C) groups is 1. The van der Waals surface area contributed by atoms with Gasteiger partial charge in [-0.15, -0.1) is 0 Å². The Balaban J connectivity index is 1.49. The van der Waals surface area contributed by atoms with Crippen LogP contribution in [-0.2, 0) is 0 Å². The van der Waals surface area contributed by atoms with E-state index in [1.807, 2.05) is 48.5 Å². The molecule has 1 heterocycles. The summed E-state index contributed by atoms with van der Waals surface area (Å²) in [7, 11) is 0. The van der Waals surface area contributed by atoms with Crippen LogP contribution < -0.4 is 0 Å². The van der Waals surface area contributed by atoms with E-state index in [1.165, 1.54) is 12.1 Å². The molecular weight excluding hydrogens is 481 g/mol. The van der Waals surface area contributed by atoms with Crippen LogP contribution in [0.2, 0.25) is 0 Å². The van der Waals surface area contributed by atoms with Crippen LogP contribution in [-0.4, -0.2) is 16.1 Å². The van der Waals surface area contributed by atoms with E-state index >= 15 is 0 Å². The molecule has 0 N–H and O–H groups in total. The van der Waals surface area contributed by atoms with Gasteiger partial charge in [-0.2, -0.15) is 0 Å². The number of hydrogen-bond acceptors (Lipinski definition) is 5. The fourth-order valence-electron chi connectivity index (χ4n) is 2.70. The monoisotopic (exact) mass is 495 g/mol. The van der Waals surface area contributed by atoms with Gasteiger partial charge in [-0.1, -0.05) is 6.08 Å². The smallest absolute Gasteiger partial charge is 0.269 e.